The zero-order chi connectivity index (χ0) is 21.8. The molecule has 1 saturated heterocycles. The summed E-state index contributed by atoms with van der Waals surface area (Å²) in [5.74, 6) is -0.437. The van der Waals surface area contributed by atoms with Crippen LogP contribution in [0.15, 0.2) is 48.0 Å². The lowest BCUT2D eigenvalue weighted by Crippen LogP contribution is -2.40. The molecular formula is C23H23N3O5. The van der Waals surface area contributed by atoms with E-state index >= 15 is 0 Å². The summed E-state index contributed by atoms with van der Waals surface area (Å²) < 4.78 is 5.89. The lowest BCUT2D eigenvalue weighted by atomic mass is 9.93. The Labute approximate surface area is 180 Å². The minimum Gasteiger partial charge on any atom is -0.493 e. The minimum absolute atomic E-state index is 0.0827. The number of hydrazine groups is 1. The first-order valence-electron chi connectivity index (χ1n) is 10.2. The molecule has 4 rings (SSSR count). The van der Waals surface area contributed by atoms with E-state index in [1.165, 1.54) is 0 Å². The number of hydrogen-bond acceptors (Lipinski definition) is 6. The molecule has 2 aromatic rings. The summed E-state index contributed by atoms with van der Waals surface area (Å²) in [7, 11) is 0. The van der Waals surface area contributed by atoms with Gasteiger partial charge in [0.15, 0.2) is 0 Å². The molecule has 8 heteroatoms. The van der Waals surface area contributed by atoms with E-state index in [4.69, 9.17) is 9.57 Å². The second-order valence-electron chi connectivity index (χ2n) is 7.18. The molecule has 2 heterocycles. The highest BCUT2D eigenvalue weighted by molar-refractivity contribution is 6.31. The van der Waals surface area contributed by atoms with Crippen LogP contribution >= 0.6 is 0 Å². The van der Waals surface area contributed by atoms with Gasteiger partial charge in [-0.2, -0.15) is 5.01 Å². The molecule has 2 aromatic carbocycles. The quantitative estimate of drug-likeness (QED) is 0.420. The zero-order valence-corrected chi connectivity index (χ0v) is 17.2. The smallest absolute Gasteiger partial charge is 0.323 e. The first-order chi connectivity index (χ1) is 15.2. The van der Waals surface area contributed by atoms with Crippen molar-refractivity contribution in [3.05, 3.63) is 64.7 Å². The number of fused-ring (bicyclic) bond motifs is 1. The number of nitrogens with one attached hydrogen (secondary N) is 1. The molecule has 0 saturated carbocycles. The third-order valence-corrected chi connectivity index (χ3v) is 5.19. The Morgan fingerprint density at radius 1 is 1.06 bits per heavy atom. The fraction of sp³-hybridized carbons (Fsp3) is 0.261. The van der Waals surface area contributed by atoms with Gasteiger partial charge in [-0.1, -0.05) is 36.4 Å². The molecule has 8 nitrogen and oxygen atoms in total. The molecule has 1 fully saturated rings. The molecule has 2 amide bonds. The van der Waals surface area contributed by atoms with Crippen molar-refractivity contribution in [2.24, 2.45) is 0 Å². The number of nitrogens with zero attached hydrogens (tertiary/aromatic N) is 2. The monoisotopic (exact) mass is 421 g/mol. The topological polar surface area (TPSA) is 88.2 Å². The normalized spacial score (nSPS) is 17.1. The summed E-state index contributed by atoms with van der Waals surface area (Å²) in [5.41, 5.74) is 3.16. The zero-order valence-electron chi connectivity index (χ0n) is 17.2. The van der Waals surface area contributed by atoms with Crippen LogP contribution in [0.25, 0.3) is 6.08 Å². The van der Waals surface area contributed by atoms with E-state index in [1.807, 2.05) is 12.1 Å². The lowest BCUT2D eigenvalue weighted by molar-refractivity contribution is -0.182. The Morgan fingerprint density at radius 3 is 2.61 bits per heavy atom. The average Bonchev–Trinajstić information content (AvgIpc) is 3.03. The molecule has 0 bridgehead atoms. The number of hydroxylamine groups is 1. The summed E-state index contributed by atoms with van der Waals surface area (Å²) in [6.45, 7) is 4.24. The molecule has 2 aliphatic rings. The second kappa shape index (κ2) is 9.01. The SMILES string of the molecule is CCCOc1ccc(/C=C2\C(=O)N(OC=O)N(c3ccccc3)C2=O)c2c1CCNC2. The van der Waals surface area contributed by atoms with E-state index in [0.29, 0.717) is 24.0 Å². The van der Waals surface area contributed by atoms with Crippen molar-refractivity contribution in [2.45, 2.75) is 26.3 Å². The van der Waals surface area contributed by atoms with Crippen molar-refractivity contribution in [3.8, 4) is 5.75 Å². The van der Waals surface area contributed by atoms with Crippen LogP contribution in [-0.2, 0) is 32.2 Å². The van der Waals surface area contributed by atoms with Crippen molar-refractivity contribution in [3.63, 3.8) is 0 Å². The van der Waals surface area contributed by atoms with Crippen LogP contribution in [0, 0.1) is 0 Å². The van der Waals surface area contributed by atoms with Gasteiger partial charge in [0.05, 0.1) is 12.3 Å². The van der Waals surface area contributed by atoms with Gasteiger partial charge in [0.1, 0.15) is 11.3 Å². The van der Waals surface area contributed by atoms with Crippen LogP contribution in [0.2, 0.25) is 0 Å². The van der Waals surface area contributed by atoms with Crippen LogP contribution in [0.5, 0.6) is 5.75 Å². The van der Waals surface area contributed by atoms with Crippen molar-refractivity contribution < 1.29 is 24.0 Å². The van der Waals surface area contributed by atoms with Gasteiger partial charge in [0.25, 0.3) is 5.91 Å². The van der Waals surface area contributed by atoms with Crippen LogP contribution in [0.3, 0.4) is 0 Å². The fourth-order valence-corrected chi connectivity index (χ4v) is 3.77. The van der Waals surface area contributed by atoms with Crippen LogP contribution < -0.4 is 15.1 Å². The summed E-state index contributed by atoms with van der Waals surface area (Å²) in [5, 5.41) is 5.06. The van der Waals surface area contributed by atoms with Gasteiger partial charge in [-0.15, -0.1) is 0 Å². The maximum Gasteiger partial charge on any atom is 0.323 e. The number of carbonyl (C=O) groups is 3. The second-order valence-corrected chi connectivity index (χ2v) is 7.18. The molecule has 0 radical (unpaired) electrons. The van der Waals surface area contributed by atoms with Gasteiger partial charge in [0.2, 0.25) is 0 Å². The van der Waals surface area contributed by atoms with Crippen molar-refractivity contribution in [1.29, 1.82) is 0 Å². The Morgan fingerprint density at radius 2 is 1.87 bits per heavy atom. The molecular weight excluding hydrogens is 398 g/mol. The van der Waals surface area contributed by atoms with Gasteiger partial charge < -0.3 is 14.9 Å². The highest BCUT2D eigenvalue weighted by Gasteiger charge is 2.44. The van der Waals surface area contributed by atoms with Gasteiger partial charge in [-0.25, -0.2) is 0 Å². The van der Waals surface area contributed by atoms with Gasteiger partial charge in [-0.3, -0.25) is 14.4 Å². The summed E-state index contributed by atoms with van der Waals surface area (Å²) in [4.78, 5) is 41.9. The van der Waals surface area contributed by atoms with E-state index < -0.39 is 11.8 Å². The number of amides is 2. The molecule has 0 unspecified atom stereocenters. The molecule has 31 heavy (non-hydrogen) atoms. The van der Waals surface area contributed by atoms with Crippen molar-refractivity contribution in [2.75, 3.05) is 18.2 Å². The van der Waals surface area contributed by atoms with Crippen LogP contribution in [0.1, 0.15) is 30.0 Å². The average molecular weight is 421 g/mol. The number of rotatable bonds is 7. The molecule has 2 aliphatic heterocycles. The Balaban J connectivity index is 1.75. The van der Waals surface area contributed by atoms with Crippen molar-refractivity contribution >= 4 is 30.0 Å². The molecule has 0 aliphatic carbocycles. The van der Waals surface area contributed by atoms with E-state index in [1.54, 1.807) is 36.4 Å². The maximum atomic E-state index is 13.1. The Kier molecular flexibility index (Phi) is 5.99. The summed E-state index contributed by atoms with van der Waals surface area (Å²) in [6, 6.07) is 12.3. The van der Waals surface area contributed by atoms with Gasteiger partial charge >= 0.3 is 12.4 Å². The van der Waals surface area contributed by atoms with Gasteiger partial charge in [-0.05, 0) is 54.8 Å². The lowest BCUT2D eigenvalue weighted by Gasteiger charge is -2.23. The van der Waals surface area contributed by atoms with E-state index in [-0.39, 0.29) is 12.0 Å². The Bertz CT molecular complexity index is 1040. The van der Waals surface area contributed by atoms with E-state index in [9.17, 15) is 14.4 Å². The largest absolute Gasteiger partial charge is 0.493 e. The number of ether oxygens (including phenoxy) is 1. The predicted octanol–water partition coefficient (Wildman–Crippen LogP) is 2.38. The van der Waals surface area contributed by atoms with Gasteiger partial charge in [0, 0.05) is 12.1 Å². The number of benzene rings is 2. The van der Waals surface area contributed by atoms with Crippen LogP contribution in [-0.4, -0.2) is 36.6 Å². The first kappa shape index (κ1) is 20.6. The molecule has 1 N–H and O–H groups in total. The molecule has 0 atom stereocenters. The number of hydrogen-bond donors (Lipinski definition) is 1. The predicted molar refractivity (Wildman–Crippen MR) is 114 cm³/mol. The molecule has 0 aromatic heterocycles. The first-order valence-corrected chi connectivity index (χ1v) is 10.2. The molecule has 160 valence electrons. The molecule has 0 spiro atoms. The summed E-state index contributed by atoms with van der Waals surface area (Å²) in [6.07, 6.45) is 3.26. The maximum absolute atomic E-state index is 13.1. The minimum atomic E-state index is -0.704. The van der Waals surface area contributed by atoms with Crippen molar-refractivity contribution in [1.82, 2.24) is 10.5 Å². The standard InChI is InChI=1S/C23H23N3O5/c1-2-12-30-21-9-8-16(20-14-24-11-10-18(20)21)13-19-22(28)25(17-6-4-3-5-7-17)26(23(19)29)31-15-27/h3-9,13,15,24H,2,10-12,14H2,1H3/b19-13-. The van der Waals surface area contributed by atoms with E-state index in [2.05, 4.69) is 12.2 Å². The third kappa shape index (κ3) is 3.89. The number of carbonyl (C=O) groups excluding carboxylic acids is 3. The highest BCUT2D eigenvalue weighted by Crippen LogP contribution is 2.32. The Hall–Kier alpha value is -3.65. The number of para-hydroxylation sites is 1. The third-order valence-electron chi connectivity index (χ3n) is 5.19. The summed E-state index contributed by atoms with van der Waals surface area (Å²) >= 11 is 0. The number of anilines is 1. The fourth-order valence-electron chi connectivity index (χ4n) is 3.77. The van der Waals surface area contributed by atoms with Crippen LogP contribution in [0.4, 0.5) is 5.69 Å². The van der Waals surface area contributed by atoms with E-state index in [0.717, 1.165) is 46.8 Å². The highest BCUT2D eigenvalue weighted by atomic mass is 16.7.